The van der Waals surface area contributed by atoms with Crippen LogP contribution in [-0.2, 0) is 15.8 Å². The molecule has 19 heavy (non-hydrogen) atoms. The van der Waals surface area contributed by atoms with Gasteiger partial charge in [-0.25, -0.2) is 8.42 Å². The van der Waals surface area contributed by atoms with Crippen LogP contribution in [0.15, 0.2) is 59.5 Å². The summed E-state index contributed by atoms with van der Waals surface area (Å²) in [5.41, 5.74) is 1.84. The van der Waals surface area contributed by atoms with E-state index in [1.807, 2.05) is 36.4 Å². The third-order valence-corrected chi connectivity index (χ3v) is 4.15. The lowest BCUT2D eigenvalue weighted by molar-refractivity contribution is 0.606. The van der Waals surface area contributed by atoms with Crippen molar-refractivity contribution in [1.82, 2.24) is 0 Å². The second-order valence-corrected chi connectivity index (χ2v) is 6.91. The Hall–Kier alpha value is -1.46. The molecule has 100 valence electrons. The minimum atomic E-state index is -3.25. The Labute approximate surface area is 118 Å². The van der Waals surface area contributed by atoms with E-state index in [1.54, 1.807) is 17.8 Å². The van der Waals surface area contributed by atoms with Gasteiger partial charge in [-0.05, 0) is 17.7 Å². The summed E-state index contributed by atoms with van der Waals surface area (Å²) < 4.78 is 25.2. The van der Waals surface area contributed by atoms with Gasteiger partial charge < -0.3 is 0 Å². The molecule has 2 aromatic rings. The van der Waals surface area contributed by atoms with Crippen molar-refractivity contribution < 1.29 is 8.42 Å². The van der Waals surface area contributed by atoms with E-state index in [9.17, 15) is 8.42 Å². The lowest BCUT2D eigenvalue weighted by atomic mass is 10.2. The van der Waals surface area contributed by atoms with Gasteiger partial charge in [0.1, 0.15) is 0 Å². The molecule has 0 spiro atoms. The summed E-state index contributed by atoms with van der Waals surface area (Å²) >= 11 is 1.61. The Balaban J connectivity index is 2.12. The van der Waals surface area contributed by atoms with E-state index in [0.29, 0.717) is 5.69 Å². The molecule has 0 aliphatic rings. The first-order valence-electron chi connectivity index (χ1n) is 5.78. The number of para-hydroxylation sites is 1. The van der Waals surface area contributed by atoms with Crippen molar-refractivity contribution in [2.45, 2.75) is 10.6 Å². The minimum absolute atomic E-state index is 0.630. The fourth-order valence-electron chi connectivity index (χ4n) is 1.61. The van der Waals surface area contributed by atoms with Crippen LogP contribution in [0.3, 0.4) is 0 Å². The SMILES string of the molecule is CS(=O)(=O)Nc1ccccc1SCc1ccccc1. The molecule has 0 saturated carbocycles. The smallest absolute Gasteiger partial charge is 0.229 e. The molecule has 0 aromatic heterocycles. The molecule has 0 aliphatic carbocycles. The summed E-state index contributed by atoms with van der Waals surface area (Å²) in [6, 6.07) is 17.5. The molecular formula is C14H15NO2S2. The summed E-state index contributed by atoms with van der Waals surface area (Å²) in [5, 5.41) is 0. The third-order valence-electron chi connectivity index (χ3n) is 2.42. The third kappa shape index (κ3) is 4.61. The highest BCUT2D eigenvalue weighted by atomic mass is 32.2. The number of rotatable bonds is 5. The Morgan fingerprint density at radius 1 is 1.00 bits per heavy atom. The number of thioether (sulfide) groups is 1. The van der Waals surface area contributed by atoms with Crippen LogP contribution in [0.2, 0.25) is 0 Å². The maximum Gasteiger partial charge on any atom is 0.229 e. The van der Waals surface area contributed by atoms with Crippen LogP contribution in [0.25, 0.3) is 0 Å². The van der Waals surface area contributed by atoms with Gasteiger partial charge in [-0.1, -0.05) is 42.5 Å². The molecule has 0 heterocycles. The first-order valence-corrected chi connectivity index (χ1v) is 8.66. The van der Waals surface area contributed by atoms with Crippen LogP contribution in [0.1, 0.15) is 5.56 Å². The van der Waals surface area contributed by atoms with Gasteiger partial charge in [-0.15, -0.1) is 11.8 Å². The highest BCUT2D eigenvalue weighted by Crippen LogP contribution is 2.30. The molecule has 0 fully saturated rings. The van der Waals surface area contributed by atoms with Gasteiger partial charge in [0.15, 0.2) is 0 Å². The molecule has 2 aromatic carbocycles. The van der Waals surface area contributed by atoms with Crippen molar-refractivity contribution in [1.29, 1.82) is 0 Å². The highest BCUT2D eigenvalue weighted by Gasteiger charge is 2.07. The van der Waals surface area contributed by atoms with Gasteiger partial charge in [-0.3, -0.25) is 4.72 Å². The van der Waals surface area contributed by atoms with E-state index in [0.717, 1.165) is 16.9 Å². The van der Waals surface area contributed by atoms with Crippen LogP contribution in [0.4, 0.5) is 5.69 Å². The lowest BCUT2D eigenvalue weighted by Gasteiger charge is -2.10. The first kappa shape index (κ1) is 14.0. The molecule has 3 nitrogen and oxygen atoms in total. The van der Waals surface area contributed by atoms with Gasteiger partial charge in [0.05, 0.1) is 11.9 Å². The number of sulfonamides is 1. The lowest BCUT2D eigenvalue weighted by Crippen LogP contribution is -2.10. The van der Waals surface area contributed by atoms with E-state index in [1.165, 1.54) is 5.56 Å². The van der Waals surface area contributed by atoms with E-state index < -0.39 is 10.0 Å². The summed E-state index contributed by atoms with van der Waals surface area (Å²) in [6.07, 6.45) is 1.16. The second-order valence-electron chi connectivity index (χ2n) is 4.14. The Morgan fingerprint density at radius 2 is 1.63 bits per heavy atom. The molecule has 0 atom stereocenters. The van der Waals surface area contributed by atoms with E-state index in [2.05, 4.69) is 16.9 Å². The summed E-state index contributed by atoms with van der Waals surface area (Å²) in [6.45, 7) is 0. The number of hydrogen-bond donors (Lipinski definition) is 1. The van der Waals surface area contributed by atoms with Gasteiger partial charge in [-0.2, -0.15) is 0 Å². The maximum atomic E-state index is 11.3. The van der Waals surface area contributed by atoms with Gasteiger partial charge >= 0.3 is 0 Å². The quantitative estimate of drug-likeness (QED) is 0.860. The molecule has 0 bridgehead atoms. The van der Waals surface area contributed by atoms with Crippen molar-refractivity contribution in [3.8, 4) is 0 Å². The number of hydrogen-bond acceptors (Lipinski definition) is 3. The van der Waals surface area contributed by atoms with Crippen LogP contribution in [0, 0.1) is 0 Å². The predicted octanol–water partition coefficient (Wildman–Crippen LogP) is 3.35. The van der Waals surface area contributed by atoms with E-state index >= 15 is 0 Å². The molecular weight excluding hydrogens is 278 g/mol. The first-order chi connectivity index (χ1) is 9.04. The molecule has 0 amide bonds. The van der Waals surface area contributed by atoms with E-state index in [4.69, 9.17) is 0 Å². The molecule has 0 saturated heterocycles. The topological polar surface area (TPSA) is 46.2 Å². The van der Waals surface area contributed by atoms with Crippen molar-refractivity contribution >= 4 is 27.5 Å². The van der Waals surface area contributed by atoms with Crippen LogP contribution >= 0.6 is 11.8 Å². The number of benzene rings is 2. The molecule has 0 unspecified atom stereocenters. The van der Waals surface area contributed by atoms with Crippen LogP contribution < -0.4 is 4.72 Å². The molecule has 0 aliphatic heterocycles. The average molecular weight is 293 g/mol. The fourth-order valence-corrected chi connectivity index (χ4v) is 3.22. The zero-order chi connectivity index (χ0) is 13.7. The van der Waals surface area contributed by atoms with Crippen LogP contribution in [0.5, 0.6) is 0 Å². The number of anilines is 1. The zero-order valence-corrected chi connectivity index (χ0v) is 12.2. The predicted molar refractivity (Wildman–Crippen MR) is 80.9 cm³/mol. The average Bonchev–Trinajstić information content (AvgIpc) is 2.37. The van der Waals surface area contributed by atoms with Gasteiger partial charge in [0.25, 0.3) is 0 Å². The Kier molecular flexibility index (Phi) is 4.50. The molecule has 2 rings (SSSR count). The van der Waals surface area contributed by atoms with Crippen molar-refractivity contribution in [3.05, 3.63) is 60.2 Å². The zero-order valence-electron chi connectivity index (χ0n) is 10.5. The maximum absolute atomic E-state index is 11.3. The molecule has 0 radical (unpaired) electrons. The standard InChI is InChI=1S/C14H15NO2S2/c1-19(16,17)15-13-9-5-6-10-14(13)18-11-12-7-3-2-4-8-12/h2-10,15H,11H2,1H3. The van der Waals surface area contributed by atoms with Crippen molar-refractivity contribution in [2.75, 3.05) is 11.0 Å². The minimum Gasteiger partial charge on any atom is -0.283 e. The monoisotopic (exact) mass is 293 g/mol. The fraction of sp³-hybridized carbons (Fsp3) is 0.143. The number of nitrogens with one attached hydrogen (secondary N) is 1. The normalized spacial score (nSPS) is 11.2. The highest BCUT2D eigenvalue weighted by molar-refractivity contribution is 7.98. The summed E-state index contributed by atoms with van der Waals surface area (Å²) in [5.74, 6) is 0.809. The van der Waals surface area contributed by atoms with E-state index in [-0.39, 0.29) is 0 Å². The summed E-state index contributed by atoms with van der Waals surface area (Å²) in [4.78, 5) is 0.928. The molecule has 1 N–H and O–H groups in total. The molecule has 5 heteroatoms. The Morgan fingerprint density at radius 3 is 2.32 bits per heavy atom. The second kappa shape index (κ2) is 6.12. The summed E-state index contributed by atoms with van der Waals surface area (Å²) in [7, 11) is -3.25. The van der Waals surface area contributed by atoms with Crippen LogP contribution in [-0.4, -0.2) is 14.7 Å². The van der Waals surface area contributed by atoms with Crippen molar-refractivity contribution in [3.63, 3.8) is 0 Å². The largest absolute Gasteiger partial charge is 0.283 e. The Bertz CT molecular complexity index is 640. The van der Waals surface area contributed by atoms with Gasteiger partial charge in [0.2, 0.25) is 10.0 Å². The van der Waals surface area contributed by atoms with Gasteiger partial charge in [0, 0.05) is 10.6 Å². The van der Waals surface area contributed by atoms with Crippen molar-refractivity contribution in [2.24, 2.45) is 0 Å².